The van der Waals surface area contributed by atoms with Gasteiger partial charge in [0.2, 0.25) is 0 Å². The van der Waals surface area contributed by atoms with Gasteiger partial charge in [-0.05, 0) is 30.3 Å². The third kappa shape index (κ3) is 2.15. The Hall–Kier alpha value is -4.34. The molecule has 0 saturated carbocycles. The molecule has 35 heavy (non-hydrogen) atoms. The SMILES string of the molecule is c1ccc2c(c1)cn1c2c2ccc3oc4ccccc4c3c2c2ccc3sc4ccccc4c3c21. The second-order valence-electron chi connectivity index (χ2n) is 9.33. The van der Waals surface area contributed by atoms with Crippen molar-refractivity contribution in [2.45, 2.75) is 0 Å². The summed E-state index contributed by atoms with van der Waals surface area (Å²) in [7, 11) is 0. The molecule has 4 heterocycles. The Bertz CT molecular complexity index is 2330. The van der Waals surface area contributed by atoms with Crippen LogP contribution in [0.3, 0.4) is 0 Å². The molecule has 0 bridgehead atoms. The number of thiophene rings is 1. The summed E-state index contributed by atoms with van der Waals surface area (Å²) >= 11 is 1.87. The number of furan rings is 1. The van der Waals surface area contributed by atoms with Crippen LogP contribution in [0.15, 0.2) is 108 Å². The van der Waals surface area contributed by atoms with E-state index in [2.05, 4.69) is 102 Å². The van der Waals surface area contributed by atoms with Gasteiger partial charge in [0.1, 0.15) is 11.2 Å². The highest BCUT2D eigenvalue weighted by Crippen LogP contribution is 2.46. The van der Waals surface area contributed by atoms with E-state index in [0.717, 1.165) is 11.2 Å². The van der Waals surface area contributed by atoms with Gasteiger partial charge in [-0.1, -0.05) is 66.7 Å². The fourth-order valence-corrected chi connectivity index (χ4v) is 7.26. The Balaban J connectivity index is 1.71. The molecule has 0 saturated heterocycles. The van der Waals surface area contributed by atoms with Crippen molar-refractivity contribution < 1.29 is 4.42 Å². The van der Waals surface area contributed by atoms with Gasteiger partial charge in [-0.3, -0.25) is 0 Å². The molecule has 0 aliphatic heterocycles. The number of rotatable bonds is 0. The molecule has 4 aromatic heterocycles. The second kappa shape index (κ2) is 6.21. The van der Waals surface area contributed by atoms with Crippen molar-refractivity contribution in [1.29, 1.82) is 0 Å². The molecule has 0 radical (unpaired) electrons. The molecular weight excluding hydrogens is 446 g/mol. The molecule has 0 aliphatic carbocycles. The van der Waals surface area contributed by atoms with Gasteiger partial charge in [-0.2, -0.15) is 0 Å². The van der Waals surface area contributed by atoms with E-state index in [0.29, 0.717) is 0 Å². The van der Waals surface area contributed by atoms with E-state index in [-0.39, 0.29) is 0 Å². The van der Waals surface area contributed by atoms with Crippen LogP contribution in [0.2, 0.25) is 0 Å². The highest BCUT2D eigenvalue weighted by Gasteiger charge is 2.20. The van der Waals surface area contributed by atoms with Crippen molar-refractivity contribution in [3.05, 3.63) is 103 Å². The topological polar surface area (TPSA) is 17.6 Å². The third-order valence-corrected chi connectivity index (χ3v) is 8.69. The van der Waals surface area contributed by atoms with Crippen molar-refractivity contribution in [3.63, 3.8) is 0 Å². The van der Waals surface area contributed by atoms with E-state index < -0.39 is 0 Å². The minimum Gasteiger partial charge on any atom is -0.456 e. The van der Waals surface area contributed by atoms with Gasteiger partial charge in [0.15, 0.2) is 0 Å². The molecule has 0 amide bonds. The number of fused-ring (bicyclic) bond motifs is 16. The summed E-state index contributed by atoms with van der Waals surface area (Å²) < 4.78 is 11.4. The summed E-state index contributed by atoms with van der Waals surface area (Å²) in [4.78, 5) is 0. The number of hydrogen-bond donors (Lipinski definition) is 0. The van der Waals surface area contributed by atoms with Crippen LogP contribution >= 0.6 is 11.3 Å². The lowest BCUT2D eigenvalue weighted by atomic mass is 9.97. The molecule has 0 spiro atoms. The Kier molecular flexibility index (Phi) is 3.20. The third-order valence-electron chi connectivity index (χ3n) is 7.55. The maximum absolute atomic E-state index is 6.33. The molecular formula is C32H17NOS. The zero-order valence-electron chi connectivity index (χ0n) is 18.6. The minimum atomic E-state index is 0.935. The standard InChI is InChI=1S/C32H17NOS/c1-2-8-19-18(7-1)17-33-31(19)22-13-15-25-29(20-9-3-5-11-24(20)34-25)28(22)23-14-16-27-30(32(23)33)21-10-4-6-12-26(21)35-27/h1-17H. The Morgan fingerprint density at radius 3 is 2.17 bits per heavy atom. The van der Waals surface area contributed by atoms with Crippen LogP contribution in [0.1, 0.15) is 0 Å². The lowest BCUT2D eigenvalue weighted by molar-refractivity contribution is 0.669. The van der Waals surface area contributed by atoms with Crippen molar-refractivity contribution in [3.8, 4) is 0 Å². The van der Waals surface area contributed by atoms with Crippen LogP contribution in [0.4, 0.5) is 0 Å². The molecule has 5 aromatic carbocycles. The van der Waals surface area contributed by atoms with E-state index in [1.54, 1.807) is 0 Å². The summed E-state index contributed by atoms with van der Waals surface area (Å²) in [5.74, 6) is 0. The first kappa shape index (κ1) is 18.0. The van der Waals surface area contributed by atoms with Crippen LogP contribution in [0.5, 0.6) is 0 Å². The van der Waals surface area contributed by atoms with Gasteiger partial charge in [-0.25, -0.2) is 0 Å². The van der Waals surface area contributed by atoms with Crippen molar-refractivity contribution in [2.24, 2.45) is 0 Å². The molecule has 162 valence electrons. The first-order valence-electron chi connectivity index (χ1n) is 11.9. The number of nitrogens with zero attached hydrogens (tertiary/aromatic N) is 1. The van der Waals surface area contributed by atoms with Crippen molar-refractivity contribution >= 4 is 91.4 Å². The van der Waals surface area contributed by atoms with Crippen LogP contribution in [-0.2, 0) is 0 Å². The fraction of sp³-hybridized carbons (Fsp3) is 0. The highest BCUT2D eigenvalue weighted by molar-refractivity contribution is 7.26. The maximum atomic E-state index is 6.33. The normalized spacial score (nSPS) is 12.6. The summed E-state index contributed by atoms with van der Waals surface area (Å²) in [6, 6.07) is 34.9. The predicted octanol–water partition coefficient (Wildman–Crippen LogP) is 9.67. The number of aromatic nitrogens is 1. The van der Waals surface area contributed by atoms with Gasteiger partial charge in [0, 0.05) is 64.1 Å². The van der Waals surface area contributed by atoms with E-state index in [1.165, 1.54) is 68.9 Å². The Morgan fingerprint density at radius 2 is 1.23 bits per heavy atom. The smallest absolute Gasteiger partial charge is 0.136 e. The number of pyridine rings is 1. The maximum Gasteiger partial charge on any atom is 0.136 e. The van der Waals surface area contributed by atoms with Gasteiger partial charge in [-0.15, -0.1) is 11.3 Å². The van der Waals surface area contributed by atoms with Gasteiger partial charge in [0.25, 0.3) is 0 Å². The summed E-state index contributed by atoms with van der Waals surface area (Å²) in [5, 5.41) is 11.4. The zero-order chi connectivity index (χ0) is 22.7. The van der Waals surface area contributed by atoms with E-state index in [1.807, 2.05) is 17.4 Å². The lowest BCUT2D eigenvalue weighted by Gasteiger charge is -2.12. The van der Waals surface area contributed by atoms with E-state index in [4.69, 9.17) is 4.42 Å². The largest absolute Gasteiger partial charge is 0.456 e. The molecule has 9 aromatic rings. The number of para-hydroxylation sites is 1. The predicted molar refractivity (Wildman–Crippen MR) is 150 cm³/mol. The highest BCUT2D eigenvalue weighted by atomic mass is 32.1. The van der Waals surface area contributed by atoms with Gasteiger partial charge in [0.05, 0.1) is 11.0 Å². The fourth-order valence-electron chi connectivity index (χ4n) is 6.15. The van der Waals surface area contributed by atoms with Gasteiger partial charge < -0.3 is 8.82 Å². The number of benzene rings is 5. The van der Waals surface area contributed by atoms with Crippen LogP contribution in [0, 0.1) is 0 Å². The molecule has 2 nitrogen and oxygen atoms in total. The quantitative estimate of drug-likeness (QED) is 0.205. The first-order chi connectivity index (χ1) is 17.4. The van der Waals surface area contributed by atoms with Crippen LogP contribution in [-0.4, -0.2) is 4.40 Å². The molecule has 0 fully saturated rings. The Morgan fingerprint density at radius 1 is 0.486 bits per heavy atom. The number of hydrogen-bond acceptors (Lipinski definition) is 2. The molecule has 0 aliphatic rings. The zero-order valence-corrected chi connectivity index (χ0v) is 19.4. The molecule has 0 atom stereocenters. The van der Waals surface area contributed by atoms with Crippen LogP contribution in [0.25, 0.3) is 80.1 Å². The molecule has 0 N–H and O–H groups in total. The molecule has 9 rings (SSSR count). The van der Waals surface area contributed by atoms with Crippen LogP contribution < -0.4 is 0 Å². The summed E-state index contributed by atoms with van der Waals surface area (Å²) in [5.41, 5.74) is 4.41. The molecule has 3 heteroatoms. The molecule has 0 unspecified atom stereocenters. The van der Waals surface area contributed by atoms with E-state index >= 15 is 0 Å². The first-order valence-corrected chi connectivity index (χ1v) is 12.7. The second-order valence-corrected chi connectivity index (χ2v) is 10.4. The lowest BCUT2D eigenvalue weighted by Crippen LogP contribution is -1.91. The average Bonchev–Trinajstić information content (AvgIpc) is 3.59. The van der Waals surface area contributed by atoms with Gasteiger partial charge >= 0.3 is 0 Å². The minimum absolute atomic E-state index is 0.935. The van der Waals surface area contributed by atoms with Crippen molar-refractivity contribution in [1.82, 2.24) is 4.40 Å². The van der Waals surface area contributed by atoms with E-state index in [9.17, 15) is 0 Å². The average molecular weight is 464 g/mol. The Labute approximate surface area is 203 Å². The summed E-state index contributed by atoms with van der Waals surface area (Å²) in [6.07, 6.45) is 2.32. The summed E-state index contributed by atoms with van der Waals surface area (Å²) in [6.45, 7) is 0. The van der Waals surface area contributed by atoms with Crippen molar-refractivity contribution in [2.75, 3.05) is 0 Å². The monoisotopic (exact) mass is 463 g/mol.